The molecule has 0 N–H and O–H groups in total. The van der Waals surface area contributed by atoms with Crippen LogP contribution in [0.15, 0.2) is 35.0 Å². The highest BCUT2D eigenvalue weighted by Crippen LogP contribution is 2.20. The first-order chi connectivity index (χ1) is 13.5. The molecule has 0 saturated heterocycles. The molecule has 0 radical (unpaired) electrons. The van der Waals surface area contributed by atoms with Crippen molar-refractivity contribution < 1.29 is 14.1 Å². The van der Waals surface area contributed by atoms with Crippen LogP contribution in [0.5, 0.6) is 0 Å². The van der Waals surface area contributed by atoms with E-state index in [0.29, 0.717) is 36.7 Å². The van der Waals surface area contributed by atoms with Crippen molar-refractivity contribution in [1.82, 2.24) is 24.8 Å². The molecule has 3 rings (SSSR count). The third-order valence-electron chi connectivity index (χ3n) is 4.54. The van der Waals surface area contributed by atoms with Crippen molar-refractivity contribution >= 4 is 5.91 Å². The molecule has 148 valence electrons. The standard InChI is InChI=1S/C20H25N5O3/c1-5-16-15(12-21-25(16)17-9-7-6-8-14(17)2)20(26)24(3)13-19-22-18(23-28-19)10-11-27-4/h6-9,12H,5,10-11,13H2,1-4H3. The molecule has 1 aromatic carbocycles. The molecule has 0 fully saturated rings. The van der Waals surface area contributed by atoms with Gasteiger partial charge >= 0.3 is 0 Å². The second kappa shape index (κ2) is 8.79. The van der Waals surface area contributed by atoms with Gasteiger partial charge in [-0.1, -0.05) is 30.3 Å². The zero-order chi connectivity index (χ0) is 20.1. The maximum atomic E-state index is 13.0. The number of para-hydroxylation sites is 1. The maximum Gasteiger partial charge on any atom is 0.257 e. The Bertz CT molecular complexity index is 947. The zero-order valence-corrected chi connectivity index (χ0v) is 16.7. The molecule has 2 aromatic heterocycles. The number of methoxy groups -OCH3 is 1. The van der Waals surface area contributed by atoms with Crippen LogP contribution in [0.2, 0.25) is 0 Å². The molecule has 1 amide bonds. The molecule has 0 unspecified atom stereocenters. The first-order valence-electron chi connectivity index (χ1n) is 9.23. The maximum absolute atomic E-state index is 13.0. The van der Waals surface area contributed by atoms with E-state index in [2.05, 4.69) is 15.2 Å². The van der Waals surface area contributed by atoms with E-state index in [1.165, 1.54) is 0 Å². The lowest BCUT2D eigenvalue weighted by Crippen LogP contribution is -2.27. The van der Waals surface area contributed by atoms with Gasteiger partial charge in [0.25, 0.3) is 5.91 Å². The van der Waals surface area contributed by atoms with E-state index >= 15 is 0 Å². The molecule has 0 spiro atoms. The van der Waals surface area contributed by atoms with Crippen molar-refractivity contribution in [2.75, 3.05) is 20.8 Å². The molecule has 0 atom stereocenters. The number of nitrogens with zero attached hydrogens (tertiary/aromatic N) is 5. The second-order valence-corrected chi connectivity index (χ2v) is 6.57. The van der Waals surface area contributed by atoms with Gasteiger partial charge < -0.3 is 14.2 Å². The van der Waals surface area contributed by atoms with E-state index in [-0.39, 0.29) is 12.5 Å². The number of hydrogen-bond acceptors (Lipinski definition) is 6. The summed E-state index contributed by atoms with van der Waals surface area (Å²) in [5, 5.41) is 8.38. The molecular weight excluding hydrogens is 358 g/mol. The Morgan fingerprint density at radius 3 is 2.82 bits per heavy atom. The van der Waals surface area contributed by atoms with Gasteiger partial charge in [0.1, 0.15) is 0 Å². The van der Waals surface area contributed by atoms with Crippen LogP contribution in [-0.2, 0) is 24.1 Å². The summed E-state index contributed by atoms with van der Waals surface area (Å²) in [6, 6.07) is 7.98. The summed E-state index contributed by atoms with van der Waals surface area (Å²) in [6.07, 6.45) is 2.88. The van der Waals surface area contributed by atoms with Gasteiger partial charge in [-0.15, -0.1) is 0 Å². The van der Waals surface area contributed by atoms with Crippen LogP contribution in [0.25, 0.3) is 5.69 Å². The second-order valence-electron chi connectivity index (χ2n) is 6.57. The lowest BCUT2D eigenvalue weighted by molar-refractivity contribution is 0.0768. The van der Waals surface area contributed by atoms with Crippen LogP contribution in [0, 0.1) is 6.92 Å². The van der Waals surface area contributed by atoms with Gasteiger partial charge in [0.05, 0.1) is 36.3 Å². The van der Waals surface area contributed by atoms with Crippen molar-refractivity contribution in [3.63, 3.8) is 0 Å². The minimum atomic E-state index is -0.131. The molecule has 28 heavy (non-hydrogen) atoms. The van der Waals surface area contributed by atoms with Crippen molar-refractivity contribution in [3.8, 4) is 5.69 Å². The molecule has 0 aliphatic rings. The minimum Gasteiger partial charge on any atom is -0.384 e. The van der Waals surface area contributed by atoms with Gasteiger partial charge in [0.15, 0.2) is 5.82 Å². The predicted octanol–water partition coefficient (Wildman–Crippen LogP) is 2.59. The number of ether oxygens (including phenoxy) is 1. The van der Waals surface area contributed by atoms with Gasteiger partial charge in [0.2, 0.25) is 5.89 Å². The van der Waals surface area contributed by atoms with Crippen LogP contribution in [0.4, 0.5) is 0 Å². The van der Waals surface area contributed by atoms with Gasteiger partial charge in [-0.2, -0.15) is 10.1 Å². The Hall–Kier alpha value is -3.00. The summed E-state index contributed by atoms with van der Waals surface area (Å²) in [4.78, 5) is 18.9. The number of hydrogen-bond donors (Lipinski definition) is 0. The van der Waals surface area contributed by atoms with E-state index in [0.717, 1.165) is 16.9 Å². The molecule has 8 heteroatoms. The zero-order valence-electron chi connectivity index (χ0n) is 16.7. The quantitative estimate of drug-likeness (QED) is 0.594. The van der Waals surface area contributed by atoms with Crippen LogP contribution in [0.3, 0.4) is 0 Å². The molecule has 0 aliphatic carbocycles. The Balaban J connectivity index is 1.78. The highest BCUT2D eigenvalue weighted by molar-refractivity contribution is 5.95. The van der Waals surface area contributed by atoms with Crippen molar-refractivity contribution in [2.45, 2.75) is 33.2 Å². The lowest BCUT2D eigenvalue weighted by Gasteiger charge is -2.15. The Morgan fingerprint density at radius 2 is 2.11 bits per heavy atom. The van der Waals surface area contributed by atoms with Crippen LogP contribution < -0.4 is 0 Å². The molecule has 0 aliphatic heterocycles. The normalized spacial score (nSPS) is 11.0. The smallest absolute Gasteiger partial charge is 0.257 e. The number of carbonyl (C=O) groups is 1. The number of benzene rings is 1. The van der Waals surface area contributed by atoms with Gasteiger partial charge in [0, 0.05) is 20.6 Å². The largest absolute Gasteiger partial charge is 0.384 e. The SMILES string of the molecule is CCc1c(C(=O)N(C)Cc2nc(CCOC)no2)cnn1-c1ccccc1C. The summed E-state index contributed by atoms with van der Waals surface area (Å²) < 4.78 is 12.1. The number of amides is 1. The van der Waals surface area contributed by atoms with Crippen molar-refractivity contribution in [3.05, 3.63) is 59.0 Å². The van der Waals surface area contributed by atoms with Crippen LogP contribution in [-0.4, -0.2) is 51.5 Å². The van der Waals surface area contributed by atoms with Gasteiger partial charge in [-0.05, 0) is 25.0 Å². The summed E-state index contributed by atoms with van der Waals surface area (Å²) in [7, 11) is 3.34. The van der Waals surface area contributed by atoms with Crippen molar-refractivity contribution in [2.24, 2.45) is 0 Å². The van der Waals surface area contributed by atoms with E-state index in [1.54, 1.807) is 25.3 Å². The monoisotopic (exact) mass is 383 g/mol. The van der Waals surface area contributed by atoms with E-state index in [9.17, 15) is 4.79 Å². The first kappa shape index (κ1) is 19.8. The third-order valence-corrected chi connectivity index (χ3v) is 4.54. The summed E-state index contributed by atoms with van der Waals surface area (Å²) in [5.74, 6) is 0.832. The summed E-state index contributed by atoms with van der Waals surface area (Å²) in [6.45, 7) is 4.80. The molecule has 0 bridgehead atoms. The summed E-state index contributed by atoms with van der Waals surface area (Å²) >= 11 is 0. The minimum absolute atomic E-state index is 0.131. The fourth-order valence-corrected chi connectivity index (χ4v) is 3.03. The van der Waals surface area contributed by atoms with Crippen LogP contribution in [0.1, 0.15) is 40.3 Å². The number of carbonyl (C=O) groups excluding carboxylic acids is 1. The molecule has 2 heterocycles. The highest BCUT2D eigenvalue weighted by Gasteiger charge is 2.22. The predicted molar refractivity (Wildman–Crippen MR) is 103 cm³/mol. The number of aromatic nitrogens is 4. The van der Waals surface area contributed by atoms with Crippen LogP contribution >= 0.6 is 0 Å². The average molecular weight is 383 g/mol. The topological polar surface area (TPSA) is 86.3 Å². The van der Waals surface area contributed by atoms with Crippen molar-refractivity contribution in [1.29, 1.82) is 0 Å². The third kappa shape index (κ3) is 4.12. The number of rotatable bonds is 8. The molecule has 0 saturated carbocycles. The average Bonchev–Trinajstić information content (AvgIpc) is 3.32. The highest BCUT2D eigenvalue weighted by atomic mass is 16.5. The number of aryl methyl sites for hydroxylation is 1. The Labute approximate surface area is 164 Å². The lowest BCUT2D eigenvalue weighted by atomic mass is 10.1. The van der Waals surface area contributed by atoms with E-state index < -0.39 is 0 Å². The van der Waals surface area contributed by atoms with E-state index in [4.69, 9.17) is 9.26 Å². The van der Waals surface area contributed by atoms with E-state index in [1.807, 2.05) is 42.8 Å². The Morgan fingerprint density at radius 1 is 1.32 bits per heavy atom. The fourth-order valence-electron chi connectivity index (χ4n) is 3.03. The first-order valence-corrected chi connectivity index (χ1v) is 9.23. The molecule has 3 aromatic rings. The molecule has 8 nitrogen and oxygen atoms in total. The van der Waals surface area contributed by atoms with Gasteiger partial charge in [-0.3, -0.25) is 4.79 Å². The fraction of sp³-hybridized carbons (Fsp3) is 0.400. The Kier molecular flexibility index (Phi) is 6.20. The van der Waals surface area contributed by atoms with Gasteiger partial charge in [-0.25, -0.2) is 4.68 Å². The summed E-state index contributed by atoms with van der Waals surface area (Å²) in [5.41, 5.74) is 3.52. The molecular formula is C20H25N5O3.